The van der Waals surface area contributed by atoms with Gasteiger partial charge in [-0.15, -0.1) is 0 Å². The van der Waals surface area contributed by atoms with E-state index in [4.69, 9.17) is 9.47 Å². The van der Waals surface area contributed by atoms with E-state index < -0.39 is 0 Å². The lowest BCUT2D eigenvalue weighted by molar-refractivity contribution is -0.125. The Morgan fingerprint density at radius 1 is 1.12 bits per heavy atom. The van der Waals surface area contributed by atoms with Crippen LogP contribution in [-0.4, -0.2) is 43.2 Å². The lowest BCUT2D eigenvalue weighted by Crippen LogP contribution is -2.43. The van der Waals surface area contributed by atoms with Crippen molar-refractivity contribution in [1.29, 1.82) is 0 Å². The molecule has 7 nitrogen and oxygen atoms in total. The molecule has 1 aromatic heterocycles. The van der Waals surface area contributed by atoms with Crippen LogP contribution in [0.3, 0.4) is 0 Å². The van der Waals surface area contributed by atoms with Crippen LogP contribution in [-0.2, 0) is 11.3 Å². The number of nitrogens with zero attached hydrogens (tertiary/aromatic N) is 3. The smallest absolute Gasteiger partial charge is 0.225 e. The van der Waals surface area contributed by atoms with Crippen molar-refractivity contribution < 1.29 is 18.7 Å². The maximum atomic E-state index is 13.5. The molecule has 2 aromatic carbocycles. The molecule has 0 spiro atoms. The number of carbonyl (C=O) groups excluding carboxylic acids is 1. The predicted molar refractivity (Wildman–Crippen MR) is 124 cm³/mol. The molecule has 4 rings (SSSR count). The highest BCUT2D eigenvalue weighted by Gasteiger charge is 2.27. The first-order chi connectivity index (χ1) is 16.1. The summed E-state index contributed by atoms with van der Waals surface area (Å²) in [5.41, 5.74) is 2.36. The van der Waals surface area contributed by atoms with E-state index in [1.165, 1.54) is 12.1 Å². The number of amides is 1. The molecule has 1 aliphatic heterocycles. The van der Waals surface area contributed by atoms with E-state index in [1.54, 1.807) is 38.7 Å². The maximum absolute atomic E-state index is 13.5. The van der Waals surface area contributed by atoms with Crippen molar-refractivity contribution in [1.82, 2.24) is 15.3 Å². The number of hydrogen-bond donors (Lipinski definition) is 1. The first kappa shape index (κ1) is 22.5. The third-order valence-corrected chi connectivity index (χ3v) is 5.82. The molecule has 1 fully saturated rings. The number of nitrogens with one attached hydrogen (secondary N) is 1. The number of rotatable bonds is 7. The minimum absolute atomic E-state index is 0.00560. The number of anilines is 1. The summed E-state index contributed by atoms with van der Waals surface area (Å²) >= 11 is 0. The Morgan fingerprint density at radius 2 is 1.94 bits per heavy atom. The number of methoxy groups -OCH3 is 2. The normalized spacial score (nSPS) is 15.7. The van der Waals surface area contributed by atoms with Crippen molar-refractivity contribution in [2.45, 2.75) is 19.4 Å². The molecule has 172 valence electrons. The summed E-state index contributed by atoms with van der Waals surface area (Å²) in [5.74, 6) is 1.49. The fraction of sp³-hybridized carbons (Fsp3) is 0.320. The van der Waals surface area contributed by atoms with Gasteiger partial charge in [0, 0.05) is 49.2 Å². The number of hydrogen-bond acceptors (Lipinski definition) is 6. The molecule has 0 bridgehead atoms. The second-order valence-electron chi connectivity index (χ2n) is 7.96. The molecule has 0 radical (unpaired) electrons. The maximum Gasteiger partial charge on any atom is 0.225 e. The van der Waals surface area contributed by atoms with Crippen LogP contribution in [0.5, 0.6) is 11.5 Å². The molecule has 0 saturated carbocycles. The van der Waals surface area contributed by atoms with Gasteiger partial charge in [-0.3, -0.25) is 4.79 Å². The number of benzene rings is 2. The molecule has 1 N–H and O–H groups in total. The second kappa shape index (κ2) is 10.3. The van der Waals surface area contributed by atoms with Gasteiger partial charge in [0.2, 0.25) is 11.9 Å². The van der Waals surface area contributed by atoms with Gasteiger partial charge in [-0.2, -0.15) is 0 Å². The van der Waals surface area contributed by atoms with Crippen molar-refractivity contribution in [2.24, 2.45) is 5.92 Å². The number of aromatic nitrogens is 2. The van der Waals surface area contributed by atoms with E-state index in [2.05, 4.69) is 15.3 Å². The summed E-state index contributed by atoms with van der Waals surface area (Å²) < 4.78 is 24.1. The first-order valence-electron chi connectivity index (χ1n) is 10.9. The van der Waals surface area contributed by atoms with Crippen LogP contribution in [0, 0.1) is 11.7 Å². The molecule has 1 atom stereocenters. The Kier molecular flexibility index (Phi) is 7.02. The predicted octanol–water partition coefficient (Wildman–Crippen LogP) is 3.83. The van der Waals surface area contributed by atoms with Gasteiger partial charge in [-0.1, -0.05) is 12.1 Å². The van der Waals surface area contributed by atoms with Gasteiger partial charge in [0.15, 0.2) is 0 Å². The average molecular weight is 451 g/mol. The molecular formula is C25H27FN4O3. The van der Waals surface area contributed by atoms with Crippen LogP contribution in [0.4, 0.5) is 10.3 Å². The molecule has 1 amide bonds. The number of ether oxygens (including phenoxy) is 2. The molecule has 33 heavy (non-hydrogen) atoms. The van der Waals surface area contributed by atoms with E-state index in [9.17, 15) is 9.18 Å². The van der Waals surface area contributed by atoms with Crippen LogP contribution >= 0.6 is 0 Å². The van der Waals surface area contributed by atoms with Crippen LogP contribution in [0.1, 0.15) is 18.4 Å². The summed E-state index contributed by atoms with van der Waals surface area (Å²) in [6.45, 7) is 1.71. The molecule has 8 heteroatoms. The zero-order valence-corrected chi connectivity index (χ0v) is 18.8. The number of halogens is 1. The number of piperidine rings is 1. The van der Waals surface area contributed by atoms with Crippen molar-refractivity contribution in [3.05, 3.63) is 66.2 Å². The second-order valence-corrected chi connectivity index (χ2v) is 7.96. The van der Waals surface area contributed by atoms with E-state index in [-0.39, 0.29) is 17.6 Å². The van der Waals surface area contributed by atoms with Crippen LogP contribution in [0.25, 0.3) is 11.1 Å². The van der Waals surface area contributed by atoms with E-state index in [0.717, 1.165) is 36.1 Å². The Labute approximate surface area is 192 Å². The van der Waals surface area contributed by atoms with E-state index in [0.29, 0.717) is 30.5 Å². The van der Waals surface area contributed by atoms with Gasteiger partial charge in [0.05, 0.1) is 20.1 Å². The molecule has 3 aromatic rings. The van der Waals surface area contributed by atoms with Crippen molar-refractivity contribution in [3.8, 4) is 22.6 Å². The highest BCUT2D eigenvalue weighted by Crippen LogP contribution is 2.26. The highest BCUT2D eigenvalue weighted by atomic mass is 19.1. The fourth-order valence-corrected chi connectivity index (χ4v) is 4.00. The molecule has 0 unspecified atom stereocenters. The van der Waals surface area contributed by atoms with Gasteiger partial charge in [-0.25, -0.2) is 14.4 Å². The standard InChI is InChI=1S/C25H27FN4O3/c1-32-22-9-8-18(23(12-22)33-2)13-27-24(31)19-6-4-10-30(16-19)25-28-14-20(15-29-25)17-5-3-7-21(26)11-17/h3,5,7-9,11-12,14-15,19H,4,6,10,13,16H2,1-2H3,(H,27,31)/t19-/m0/s1. The van der Waals surface area contributed by atoms with Crippen molar-refractivity contribution in [3.63, 3.8) is 0 Å². The van der Waals surface area contributed by atoms with Crippen molar-refractivity contribution in [2.75, 3.05) is 32.2 Å². The van der Waals surface area contributed by atoms with E-state index >= 15 is 0 Å². The minimum atomic E-state index is -0.297. The summed E-state index contributed by atoms with van der Waals surface area (Å²) in [7, 11) is 3.20. The molecule has 2 heterocycles. The Balaban J connectivity index is 1.37. The molecule has 0 aliphatic carbocycles. The summed E-state index contributed by atoms with van der Waals surface area (Å²) in [4.78, 5) is 23.8. The molecular weight excluding hydrogens is 423 g/mol. The first-order valence-corrected chi connectivity index (χ1v) is 10.9. The number of carbonyl (C=O) groups is 1. The SMILES string of the molecule is COc1ccc(CNC(=O)[C@H]2CCCN(c3ncc(-c4cccc(F)c4)cn3)C2)c(OC)c1. The Hall–Kier alpha value is -3.68. The largest absolute Gasteiger partial charge is 0.497 e. The molecule has 1 aliphatic rings. The monoisotopic (exact) mass is 450 g/mol. The lowest BCUT2D eigenvalue weighted by Gasteiger charge is -2.32. The quantitative estimate of drug-likeness (QED) is 0.590. The molecule has 1 saturated heterocycles. The third-order valence-electron chi connectivity index (χ3n) is 5.82. The topological polar surface area (TPSA) is 76.6 Å². The van der Waals surface area contributed by atoms with Crippen LogP contribution in [0.15, 0.2) is 54.9 Å². The third kappa shape index (κ3) is 5.39. The van der Waals surface area contributed by atoms with Gasteiger partial charge in [0.1, 0.15) is 17.3 Å². The fourth-order valence-electron chi connectivity index (χ4n) is 4.00. The lowest BCUT2D eigenvalue weighted by atomic mass is 9.97. The van der Waals surface area contributed by atoms with Crippen molar-refractivity contribution >= 4 is 11.9 Å². The van der Waals surface area contributed by atoms with Crippen LogP contribution < -0.4 is 19.7 Å². The summed E-state index contributed by atoms with van der Waals surface area (Å²) in [6, 6.07) is 11.9. The summed E-state index contributed by atoms with van der Waals surface area (Å²) in [6.07, 6.45) is 5.07. The van der Waals surface area contributed by atoms with Gasteiger partial charge in [0.25, 0.3) is 0 Å². The zero-order valence-electron chi connectivity index (χ0n) is 18.8. The zero-order chi connectivity index (χ0) is 23.2. The summed E-state index contributed by atoms with van der Waals surface area (Å²) in [5, 5.41) is 3.03. The van der Waals surface area contributed by atoms with Gasteiger partial charge < -0.3 is 19.7 Å². The van der Waals surface area contributed by atoms with Gasteiger partial charge >= 0.3 is 0 Å². The Morgan fingerprint density at radius 3 is 2.67 bits per heavy atom. The van der Waals surface area contributed by atoms with Crippen LogP contribution in [0.2, 0.25) is 0 Å². The van der Waals surface area contributed by atoms with E-state index in [1.807, 2.05) is 23.1 Å². The average Bonchev–Trinajstić information content (AvgIpc) is 2.87. The highest BCUT2D eigenvalue weighted by molar-refractivity contribution is 5.79. The minimum Gasteiger partial charge on any atom is -0.497 e. The van der Waals surface area contributed by atoms with Gasteiger partial charge in [-0.05, 0) is 42.7 Å². The Bertz CT molecular complexity index is 1110.